The minimum absolute atomic E-state index is 0. The third-order valence-electron chi connectivity index (χ3n) is 5.44. The number of carbonyl (C=O) groups excluding carboxylic acids is 1. The van der Waals surface area contributed by atoms with E-state index in [2.05, 4.69) is 20.3 Å². The fraction of sp³-hybridized carbons (Fsp3) is 0.350. The van der Waals surface area contributed by atoms with Gasteiger partial charge in [0, 0.05) is 0 Å². The monoisotopic (exact) mass is 529 g/mol. The highest BCUT2D eigenvalue weighted by atomic mass is 35.5. The van der Waals surface area contributed by atoms with Crippen molar-refractivity contribution in [3.63, 3.8) is 0 Å². The van der Waals surface area contributed by atoms with Crippen molar-refractivity contribution in [2.75, 3.05) is 12.8 Å². The van der Waals surface area contributed by atoms with E-state index in [1.165, 1.54) is 17.2 Å². The van der Waals surface area contributed by atoms with Gasteiger partial charge in [0.2, 0.25) is 5.91 Å². The maximum Gasteiger partial charge on any atom is 0.335 e. The van der Waals surface area contributed by atoms with Gasteiger partial charge in [-0.2, -0.15) is 0 Å². The highest BCUT2D eigenvalue weighted by molar-refractivity contribution is 5.86. The SMILES string of the molecule is COc1ccc(C[C@H](N)C(=O)N[C@H]2[C@@H](O)[C@H](n3cnc4c(N)ncnc43)O[C@@H]2C(=O)O)cc1.Cl.Cl. The number of hydrogen-bond donors (Lipinski definition) is 5. The van der Waals surface area contributed by atoms with Crippen LogP contribution in [0.4, 0.5) is 5.82 Å². The van der Waals surface area contributed by atoms with E-state index in [1.807, 2.05) is 0 Å². The molecule has 13 nitrogen and oxygen atoms in total. The number of imidazole rings is 1. The minimum atomic E-state index is -1.53. The molecule has 3 aromatic rings. The van der Waals surface area contributed by atoms with Crippen molar-refractivity contribution in [1.29, 1.82) is 0 Å². The lowest BCUT2D eigenvalue weighted by Crippen LogP contribution is -2.54. The Kier molecular flexibility index (Phi) is 9.18. The van der Waals surface area contributed by atoms with Gasteiger partial charge in [-0.15, -0.1) is 24.8 Å². The molecule has 15 heteroatoms. The van der Waals surface area contributed by atoms with Crippen LogP contribution in [0.2, 0.25) is 0 Å². The Morgan fingerprint density at radius 2 is 1.91 bits per heavy atom. The summed E-state index contributed by atoms with van der Waals surface area (Å²) in [6.07, 6.45) is -1.43. The van der Waals surface area contributed by atoms with Crippen LogP contribution in [0.5, 0.6) is 5.75 Å². The summed E-state index contributed by atoms with van der Waals surface area (Å²) in [4.78, 5) is 36.5. The summed E-state index contributed by atoms with van der Waals surface area (Å²) in [5.41, 5.74) is 13.1. The number of fused-ring (bicyclic) bond motifs is 1. The van der Waals surface area contributed by atoms with Gasteiger partial charge in [0.05, 0.1) is 25.5 Å². The number of nitrogen functional groups attached to an aromatic ring is 1. The van der Waals surface area contributed by atoms with Crippen molar-refractivity contribution in [2.45, 2.75) is 36.9 Å². The third-order valence-corrected chi connectivity index (χ3v) is 5.44. The normalized spacial score (nSPS) is 22.0. The number of aromatic nitrogens is 4. The number of methoxy groups -OCH3 is 1. The molecule has 1 aliphatic heterocycles. The molecule has 7 N–H and O–H groups in total. The molecule has 1 aromatic carbocycles. The molecule has 1 fully saturated rings. The van der Waals surface area contributed by atoms with Gasteiger partial charge in [-0.25, -0.2) is 19.7 Å². The summed E-state index contributed by atoms with van der Waals surface area (Å²) >= 11 is 0. The number of carboxylic acid groups (broad SMARTS) is 1. The molecule has 190 valence electrons. The van der Waals surface area contributed by atoms with Crippen LogP contribution < -0.4 is 21.5 Å². The zero-order valence-corrected chi connectivity index (χ0v) is 20.0. The number of anilines is 1. The first-order chi connectivity index (χ1) is 15.8. The highest BCUT2D eigenvalue weighted by Crippen LogP contribution is 2.32. The van der Waals surface area contributed by atoms with Gasteiger partial charge in [0.15, 0.2) is 23.8 Å². The van der Waals surface area contributed by atoms with Crippen molar-refractivity contribution < 1.29 is 29.3 Å². The Morgan fingerprint density at radius 3 is 2.54 bits per heavy atom. The number of hydrogen-bond acceptors (Lipinski definition) is 10. The first-order valence-electron chi connectivity index (χ1n) is 9.98. The Balaban J connectivity index is 0.00000216. The maximum atomic E-state index is 12.7. The number of aliphatic hydroxyl groups is 1. The van der Waals surface area contributed by atoms with Gasteiger partial charge in [0.25, 0.3) is 0 Å². The van der Waals surface area contributed by atoms with Gasteiger partial charge in [-0.05, 0) is 24.1 Å². The zero-order chi connectivity index (χ0) is 23.7. The molecule has 2 aromatic heterocycles. The molecule has 0 bridgehead atoms. The Labute approximate surface area is 211 Å². The maximum absolute atomic E-state index is 12.7. The summed E-state index contributed by atoms with van der Waals surface area (Å²) in [5, 5.41) is 23.0. The molecule has 35 heavy (non-hydrogen) atoms. The molecule has 1 aliphatic rings. The molecule has 1 amide bonds. The van der Waals surface area contributed by atoms with Gasteiger partial charge in [0.1, 0.15) is 23.7 Å². The fourth-order valence-corrected chi connectivity index (χ4v) is 3.71. The predicted octanol–water partition coefficient (Wildman–Crippen LogP) is -0.342. The third kappa shape index (κ3) is 5.55. The molecule has 0 saturated carbocycles. The van der Waals surface area contributed by atoms with Crippen molar-refractivity contribution >= 4 is 53.7 Å². The lowest BCUT2D eigenvalue weighted by molar-refractivity contribution is -0.152. The van der Waals surface area contributed by atoms with E-state index in [4.69, 9.17) is 20.9 Å². The smallest absolute Gasteiger partial charge is 0.335 e. The lowest BCUT2D eigenvalue weighted by atomic mass is 10.0. The number of carbonyl (C=O) groups is 2. The number of amides is 1. The molecule has 0 aliphatic carbocycles. The minimum Gasteiger partial charge on any atom is -0.497 e. The summed E-state index contributed by atoms with van der Waals surface area (Å²) in [5.74, 6) is -1.20. The number of ether oxygens (including phenoxy) is 2. The number of nitrogens with zero attached hydrogens (tertiary/aromatic N) is 4. The highest BCUT2D eigenvalue weighted by Gasteiger charge is 2.49. The van der Waals surface area contributed by atoms with Crippen LogP contribution in [0.1, 0.15) is 11.8 Å². The fourth-order valence-electron chi connectivity index (χ4n) is 3.71. The van der Waals surface area contributed by atoms with Gasteiger partial charge in [-0.1, -0.05) is 12.1 Å². The van der Waals surface area contributed by atoms with Gasteiger partial charge in [-0.3, -0.25) is 9.36 Å². The Bertz CT molecular complexity index is 1180. The quantitative estimate of drug-likeness (QED) is 0.268. The molecular weight excluding hydrogens is 505 g/mol. The number of aliphatic hydroxyl groups excluding tert-OH is 1. The molecule has 0 spiro atoms. The van der Waals surface area contributed by atoms with Crippen molar-refractivity contribution in [1.82, 2.24) is 24.8 Å². The molecule has 4 rings (SSSR count). The van der Waals surface area contributed by atoms with E-state index in [1.54, 1.807) is 31.4 Å². The Morgan fingerprint density at radius 1 is 1.23 bits per heavy atom. The van der Waals surface area contributed by atoms with Crippen LogP contribution in [0.25, 0.3) is 11.2 Å². The summed E-state index contributed by atoms with van der Waals surface area (Å²) in [6, 6.07) is 4.77. The van der Waals surface area contributed by atoms with Crippen molar-refractivity contribution in [3.8, 4) is 5.75 Å². The number of aliphatic carboxylic acids is 1. The van der Waals surface area contributed by atoms with Crippen LogP contribution in [-0.2, 0) is 20.7 Å². The second kappa shape index (κ2) is 11.5. The number of carboxylic acids is 1. The van der Waals surface area contributed by atoms with E-state index >= 15 is 0 Å². The first kappa shape index (κ1) is 28.0. The van der Waals surface area contributed by atoms with Crippen molar-refractivity contribution in [3.05, 3.63) is 42.5 Å². The van der Waals surface area contributed by atoms with Crippen LogP contribution in [0, 0.1) is 0 Å². The lowest BCUT2D eigenvalue weighted by Gasteiger charge is -2.22. The van der Waals surface area contributed by atoms with E-state index in [0.29, 0.717) is 5.75 Å². The molecule has 1 saturated heterocycles. The van der Waals surface area contributed by atoms with Crippen LogP contribution in [0.3, 0.4) is 0 Å². The van der Waals surface area contributed by atoms with Crippen LogP contribution in [0.15, 0.2) is 36.9 Å². The largest absolute Gasteiger partial charge is 0.497 e. The number of nitrogens with two attached hydrogens (primary N) is 2. The van der Waals surface area contributed by atoms with Crippen molar-refractivity contribution in [2.24, 2.45) is 5.73 Å². The van der Waals surface area contributed by atoms with E-state index in [9.17, 15) is 19.8 Å². The van der Waals surface area contributed by atoms with E-state index < -0.39 is 42.4 Å². The van der Waals surface area contributed by atoms with E-state index in [-0.39, 0.29) is 48.2 Å². The predicted molar refractivity (Wildman–Crippen MR) is 128 cm³/mol. The summed E-state index contributed by atoms with van der Waals surface area (Å²) in [6.45, 7) is 0. The van der Waals surface area contributed by atoms with Crippen LogP contribution >= 0.6 is 24.8 Å². The van der Waals surface area contributed by atoms with Gasteiger partial charge < -0.3 is 36.5 Å². The summed E-state index contributed by atoms with van der Waals surface area (Å²) in [7, 11) is 1.55. The number of halogens is 2. The number of rotatable bonds is 7. The second-order valence-corrected chi connectivity index (χ2v) is 7.55. The zero-order valence-electron chi connectivity index (χ0n) is 18.3. The summed E-state index contributed by atoms with van der Waals surface area (Å²) < 4.78 is 12.0. The standard InChI is InChI=1S/C20H23N7O6.2ClH/c1-32-10-4-2-9(3-5-10)6-11(21)18(29)26-12-14(28)19(33-15(12)20(30)31)27-8-25-13-16(22)23-7-24-17(13)27;;/h2-5,7-8,11-12,14-15,19,28H,6,21H2,1H3,(H,26,29)(H,30,31)(H2,22,23,24);2*1H/t11-,12-,14+,15-,19+;;/m0../s1. The average molecular weight is 530 g/mol. The van der Waals surface area contributed by atoms with Gasteiger partial charge >= 0.3 is 5.97 Å². The molecule has 3 heterocycles. The first-order valence-corrected chi connectivity index (χ1v) is 9.98. The number of benzene rings is 1. The topological polar surface area (TPSA) is 201 Å². The number of nitrogens with one attached hydrogen (secondary N) is 1. The van der Waals surface area contributed by atoms with Crippen LogP contribution in [-0.4, -0.2) is 73.0 Å². The molecule has 5 atom stereocenters. The molecule has 0 unspecified atom stereocenters. The van der Waals surface area contributed by atoms with E-state index in [0.717, 1.165) is 5.56 Å². The Hall–Kier alpha value is -3.23. The average Bonchev–Trinajstić information content (AvgIpc) is 3.36. The molecule has 0 radical (unpaired) electrons. The molecular formula is C20H25Cl2N7O6. The second-order valence-electron chi connectivity index (χ2n) is 7.55.